The molecule has 5 heteroatoms. The third-order valence-electron chi connectivity index (χ3n) is 2.48. The van der Waals surface area contributed by atoms with Crippen molar-refractivity contribution in [2.24, 2.45) is 0 Å². The number of aliphatic hydroxyl groups excluding tert-OH is 1. The summed E-state index contributed by atoms with van der Waals surface area (Å²) in [5.74, 6) is 1.22. The molecule has 2 aromatic rings. The lowest BCUT2D eigenvalue weighted by atomic mass is 10.3. The standard InChI is InChI=1S/C15H14Cl2O3/c16-11-3-1-5-14(7-11)19-9-13(18)10-20-15-6-2-4-12(17)8-15/h1-8,13,18H,9-10H2. The molecule has 0 unspecified atom stereocenters. The lowest BCUT2D eigenvalue weighted by Crippen LogP contribution is -2.25. The van der Waals surface area contributed by atoms with E-state index in [0.29, 0.717) is 21.5 Å². The summed E-state index contributed by atoms with van der Waals surface area (Å²) in [6.45, 7) is 0.252. The van der Waals surface area contributed by atoms with Gasteiger partial charge in [-0.2, -0.15) is 0 Å². The maximum Gasteiger partial charge on any atom is 0.122 e. The third-order valence-corrected chi connectivity index (χ3v) is 2.95. The Balaban J connectivity index is 1.77. The van der Waals surface area contributed by atoms with Crippen molar-refractivity contribution in [2.75, 3.05) is 13.2 Å². The van der Waals surface area contributed by atoms with Crippen LogP contribution in [0.15, 0.2) is 48.5 Å². The molecule has 0 atom stereocenters. The number of hydrogen-bond acceptors (Lipinski definition) is 3. The Hall–Kier alpha value is -1.42. The van der Waals surface area contributed by atoms with Crippen LogP contribution in [0.3, 0.4) is 0 Å². The fourth-order valence-corrected chi connectivity index (χ4v) is 1.91. The van der Waals surface area contributed by atoms with Gasteiger partial charge in [0.15, 0.2) is 0 Å². The maximum absolute atomic E-state index is 9.79. The molecule has 106 valence electrons. The minimum atomic E-state index is -0.743. The van der Waals surface area contributed by atoms with Crippen molar-refractivity contribution in [2.45, 2.75) is 6.10 Å². The number of hydrogen-bond donors (Lipinski definition) is 1. The highest BCUT2D eigenvalue weighted by molar-refractivity contribution is 6.31. The molecule has 0 spiro atoms. The van der Waals surface area contributed by atoms with Crippen molar-refractivity contribution < 1.29 is 14.6 Å². The molecule has 0 saturated heterocycles. The topological polar surface area (TPSA) is 38.7 Å². The number of aliphatic hydroxyl groups is 1. The van der Waals surface area contributed by atoms with E-state index >= 15 is 0 Å². The molecule has 0 fully saturated rings. The number of ether oxygens (including phenoxy) is 2. The monoisotopic (exact) mass is 312 g/mol. The highest BCUT2D eigenvalue weighted by atomic mass is 35.5. The second kappa shape index (κ2) is 7.39. The third kappa shape index (κ3) is 4.93. The van der Waals surface area contributed by atoms with Crippen LogP contribution in [-0.4, -0.2) is 24.4 Å². The number of halogens is 2. The van der Waals surface area contributed by atoms with Gasteiger partial charge in [0.05, 0.1) is 0 Å². The number of benzene rings is 2. The van der Waals surface area contributed by atoms with Gasteiger partial charge in [-0.1, -0.05) is 35.3 Å². The molecule has 3 nitrogen and oxygen atoms in total. The van der Waals surface area contributed by atoms with Gasteiger partial charge in [-0.05, 0) is 36.4 Å². The molecule has 1 N–H and O–H groups in total. The zero-order valence-corrected chi connectivity index (χ0v) is 12.1. The second-order valence-corrected chi connectivity index (χ2v) is 5.06. The van der Waals surface area contributed by atoms with Crippen molar-refractivity contribution >= 4 is 23.2 Å². The summed E-state index contributed by atoms with van der Waals surface area (Å²) in [6.07, 6.45) is -0.743. The van der Waals surface area contributed by atoms with Crippen LogP contribution in [-0.2, 0) is 0 Å². The van der Waals surface area contributed by atoms with Crippen LogP contribution < -0.4 is 9.47 Å². The van der Waals surface area contributed by atoms with Gasteiger partial charge in [0.2, 0.25) is 0 Å². The highest BCUT2D eigenvalue weighted by Gasteiger charge is 2.07. The molecule has 0 saturated carbocycles. The van der Waals surface area contributed by atoms with E-state index in [1.54, 1.807) is 48.5 Å². The molecular weight excluding hydrogens is 299 g/mol. The fourth-order valence-electron chi connectivity index (χ4n) is 1.55. The second-order valence-electron chi connectivity index (χ2n) is 4.19. The molecule has 0 radical (unpaired) electrons. The van der Waals surface area contributed by atoms with Crippen molar-refractivity contribution in [1.29, 1.82) is 0 Å². The molecule has 2 aromatic carbocycles. The first-order valence-corrected chi connectivity index (χ1v) is 6.84. The highest BCUT2D eigenvalue weighted by Crippen LogP contribution is 2.18. The molecule has 20 heavy (non-hydrogen) atoms. The van der Waals surface area contributed by atoms with Crippen molar-refractivity contribution in [3.8, 4) is 11.5 Å². The van der Waals surface area contributed by atoms with Crippen LogP contribution in [0.5, 0.6) is 11.5 Å². The van der Waals surface area contributed by atoms with Gasteiger partial charge in [-0.3, -0.25) is 0 Å². The minimum Gasteiger partial charge on any atom is -0.491 e. The summed E-state index contributed by atoms with van der Waals surface area (Å²) >= 11 is 11.7. The van der Waals surface area contributed by atoms with Crippen LogP contribution in [0.1, 0.15) is 0 Å². The van der Waals surface area contributed by atoms with Crippen molar-refractivity contribution in [3.05, 3.63) is 58.6 Å². The van der Waals surface area contributed by atoms with Crippen molar-refractivity contribution in [3.63, 3.8) is 0 Å². The van der Waals surface area contributed by atoms with E-state index in [4.69, 9.17) is 32.7 Å². The zero-order chi connectivity index (χ0) is 14.4. The predicted octanol–water partition coefficient (Wildman–Crippen LogP) is 3.81. The van der Waals surface area contributed by atoms with E-state index in [0.717, 1.165) is 0 Å². The van der Waals surface area contributed by atoms with E-state index in [2.05, 4.69) is 0 Å². The van der Waals surface area contributed by atoms with E-state index in [1.165, 1.54) is 0 Å². The lowest BCUT2D eigenvalue weighted by Gasteiger charge is -2.13. The van der Waals surface area contributed by atoms with Crippen LogP contribution in [0.4, 0.5) is 0 Å². The molecule has 0 aliphatic heterocycles. The molecule has 0 bridgehead atoms. The molecule has 2 rings (SSSR count). The first-order valence-electron chi connectivity index (χ1n) is 6.08. The van der Waals surface area contributed by atoms with Crippen LogP contribution in [0.25, 0.3) is 0 Å². The summed E-state index contributed by atoms with van der Waals surface area (Å²) < 4.78 is 10.8. The lowest BCUT2D eigenvalue weighted by molar-refractivity contribution is 0.0626. The number of rotatable bonds is 6. The van der Waals surface area contributed by atoms with Crippen LogP contribution in [0.2, 0.25) is 10.0 Å². The molecule has 0 aliphatic carbocycles. The first-order chi connectivity index (χ1) is 9.63. The largest absolute Gasteiger partial charge is 0.491 e. The minimum absolute atomic E-state index is 0.126. The van der Waals surface area contributed by atoms with Gasteiger partial charge >= 0.3 is 0 Å². The van der Waals surface area contributed by atoms with Gasteiger partial charge in [-0.15, -0.1) is 0 Å². The van der Waals surface area contributed by atoms with E-state index in [-0.39, 0.29) is 13.2 Å². The average Bonchev–Trinajstić information content (AvgIpc) is 2.43. The SMILES string of the molecule is OC(COc1cccc(Cl)c1)COc1cccc(Cl)c1. The molecular formula is C15H14Cl2O3. The molecule has 0 aromatic heterocycles. The summed E-state index contributed by atoms with van der Waals surface area (Å²) in [7, 11) is 0. The smallest absolute Gasteiger partial charge is 0.122 e. The zero-order valence-electron chi connectivity index (χ0n) is 10.6. The summed E-state index contributed by atoms with van der Waals surface area (Å²) in [4.78, 5) is 0. The average molecular weight is 313 g/mol. The van der Waals surface area contributed by atoms with Crippen molar-refractivity contribution in [1.82, 2.24) is 0 Å². The molecule has 0 aliphatic rings. The van der Waals surface area contributed by atoms with Crippen LogP contribution >= 0.6 is 23.2 Å². The summed E-state index contributed by atoms with van der Waals surface area (Å²) in [6, 6.07) is 14.0. The normalized spacial score (nSPS) is 10.6. The quantitative estimate of drug-likeness (QED) is 0.881. The van der Waals surface area contributed by atoms with E-state index in [9.17, 15) is 5.11 Å². The Morgan fingerprint density at radius 2 is 1.30 bits per heavy atom. The maximum atomic E-state index is 9.79. The Labute approximate surface area is 127 Å². The Kier molecular flexibility index (Phi) is 5.53. The molecule has 0 heterocycles. The van der Waals surface area contributed by atoms with Gasteiger partial charge in [-0.25, -0.2) is 0 Å². The predicted molar refractivity (Wildman–Crippen MR) is 79.9 cm³/mol. The van der Waals surface area contributed by atoms with E-state index < -0.39 is 6.10 Å². The van der Waals surface area contributed by atoms with Crippen LogP contribution in [0, 0.1) is 0 Å². The summed E-state index contributed by atoms with van der Waals surface area (Å²) in [5, 5.41) is 11.0. The summed E-state index contributed by atoms with van der Waals surface area (Å²) in [5.41, 5.74) is 0. The molecule has 0 amide bonds. The fraction of sp³-hybridized carbons (Fsp3) is 0.200. The Bertz CT molecular complexity index is 511. The van der Waals surface area contributed by atoms with Gasteiger partial charge < -0.3 is 14.6 Å². The Morgan fingerprint density at radius 3 is 1.70 bits per heavy atom. The van der Waals surface area contributed by atoms with Gasteiger partial charge in [0.1, 0.15) is 30.8 Å². The Morgan fingerprint density at radius 1 is 0.850 bits per heavy atom. The van der Waals surface area contributed by atoms with Gasteiger partial charge in [0.25, 0.3) is 0 Å². The van der Waals surface area contributed by atoms with E-state index in [1.807, 2.05) is 0 Å². The van der Waals surface area contributed by atoms with Gasteiger partial charge in [0, 0.05) is 10.0 Å². The first kappa shape index (κ1) is 15.0.